The zero-order valence-electron chi connectivity index (χ0n) is 20.4. The Balaban J connectivity index is 1.43. The third kappa shape index (κ3) is 5.63. The molecule has 4 heterocycles. The van der Waals surface area contributed by atoms with Crippen molar-refractivity contribution in [3.05, 3.63) is 77.0 Å². The van der Waals surface area contributed by atoms with Gasteiger partial charge in [-0.25, -0.2) is 9.67 Å². The van der Waals surface area contributed by atoms with Gasteiger partial charge in [0, 0.05) is 46.0 Å². The normalized spacial score (nSPS) is 15.2. The van der Waals surface area contributed by atoms with Crippen LogP contribution in [0.25, 0.3) is 11.4 Å². The number of Topliss-reactive ketones (excluding diaryl/α,β-unsaturated/α-hetero) is 1. The van der Waals surface area contributed by atoms with Gasteiger partial charge in [-0.1, -0.05) is 12.1 Å². The molecule has 3 aromatic heterocycles. The number of carbonyl (C=O) groups excluding carboxylic acids is 1. The van der Waals surface area contributed by atoms with E-state index in [2.05, 4.69) is 15.1 Å². The summed E-state index contributed by atoms with van der Waals surface area (Å²) in [6, 6.07) is 5.71. The number of carbonyl (C=O) groups is 1. The van der Waals surface area contributed by atoms with Gasteiger partial charge in [-0.05, 0) is 42.7 Å². The van der Waals surface area contributed by atoms with E-state index in [0.717, 1.165) is 23.5 Å². The number of halogens is 3. The molecule has 13 heteroatoms. The van der Waals surface area contributed by atoms with E-state index in [-0.39, 0.29) is 24.6 Å². The second kappa shape index (κ2) is 10.1. The van der Waals surface area contributed by atoms with Gasteiger partial charge in [-0.3, -0.25) is 9.78 Å². The van der Waals surface area contributed by atoms with Crippen LogP contribution in [0.4, 0.5) is 13.2 Å². The van der Waals surface area contributed by atoms with Gasteiger partial charge in [0.25, 0.3) is 10.2 Å². The quantitative estimate of drug-likeness (QED) is 0.431. The number of pyridine rings is 2. The van der Waals surface area contributed by atoms with Crippen LogP contribution in [0, 0.1) is 6.92 Å². The first-order valence-electron chi connectivity index (χ1n) is 11.3. The van der Waals surface area contributed by atoms with Gasteiger partial charge in [0.15, 0.2) is 11.6 Å². The number of hydrogen-bond acceptors (Lipinski definition) is 6. The summed E-state index contributed by atoms with van der Waals surface area (Å²) in [5.74, 6) is -0.0418. The van der Waals surface area contributed by atoms with E-state index in [4.69, 9.17) is 0 Å². The second-order valence-electron chi connectivity index (χ2n) is 8.74. The highest BCUT2D eigenvalue weighted by molar-refractivity contribution is 7.86. The molecule has 0 aliphatic carbocycles. The van der Waals surface area contributed by atoms with Crippen LogP contribution in [0.1, 0.15) is 39.3 Å². The second-order valence-corrected chi connectivity index (χ2v) is 10.9. The fourth-order valence-electron chi connectivity index (χ4n) is 3.92. The van der Waals surface area contributed by atoms with Gasteiger partial charge in [0.2, 0.25) is 0 Å². The number of ketones is 1. The van der Waals surface area contributed by atoms with Gasteiger partial charge >= 0.3 is 6.18 Å². The lowest BCUT2D eigenvalue weighted by molar-refractivity contribution is -0.137. The molecule has 196 valence electrons. The Morgan fingerprint density at radius 1 is 1.08 bits per heavy atom. The Morgan fingerprint density at radius 3 is 2.38 bits per heavy atom. The topological polar surface area (TPSA) is 101 Å². The van der Waals surface area contributed by atoms with Gasteiger partial charge in [-0.2, -0.15) is 35.3 Å². The maximum atomic E-state index is 12.9. The summed E-state index contributed by atoms with van der Waals surface area (Å²) in [6.45, 7) is 2.26. The van der Waals surface area contributed by atoms with E-state index in [1.165, 1.54) is 39.7 Å². The lowest BCUT2D eigenvalue weighted by atomic mass is 10.0. The molecule has 0 radical (unpaired) electrons. The Bertz CT molecular complexity index is 1430. The van der Waals surface area contributed by atoms with Crippen molar-refractivity contribution in [2.75, 3.05) is 27.2 Å². The summed E-state index contributed by atoms with van der Waals surface area (Å²) in [5, 5.41) is 4.13. The van der Waals surface area contributed by atoms with Crippen molar-refractivity contribution in [2.45, 2.75) is 25.9 Å². The van der Waals surface area contributed by atoms with Crippen molar-refractivity contribution in [3.8, 4) is 5.82 Å². The molecule has 0 aromatic carbocycles. The molecule has 0 bridgehead atoms. The number of alkyl halides is 3. The minimum Gasteiger partial charge on any atom is -0.294 e. The molecule has 0 saturated heterocycles. The molecule has 0 fully saturated rings. The largest absolute Gasteiger partial charge is 0.417 e. The molecule has 1 aliphatic heterocycles. The summed E-state index contributed by atoms with van der Waals surface area (Å²) in [7, 11) is -0.483. The zero-order chi connectivity index (χ0) is 27.0. The Kier molecular flexibility index (Phi) is 7.31. The SMILES string of the molecule is Cc1c(C(=O)Cc2ccc(C3=CCN(S(=O)(=O)N(C)C)CC3)nc2)cnn1-c1ccc(C(F)(F)F)cn1. The van der Waals surface area contributed by atoms with Crippen molar-refractivity contribution in [3.63, 3.8) is 0 Å². The molecule has 0 N–H and O–H groups in total. The summed E-state index contributed by atoms with van der Waals surface area (Å²) in [5.41, 5.74) is 2.27. The van der Waals surface area contributed by atoms with Gasteiger partial charge in [0.1, 0.15) is 0 Å². The highest BCUT2D eigenvalue weighted by Gasteiger charge is 2.31. The summed E-state index contributed by atoms with van der Waals surface area (Å²) in [4.78, 5) is 21.2. The average Bonchev–Trinajstić information content (AvgIpc) is 3.25. The van der Waals surface area contributed by atoms with Crippen LogP contribution >= 0.6 is 0 Å². The molecule has 0 atom stereocenters. The summed E-state index contributed by atoms with van der Waals surface area (Å²) < 4.78 is 66.8. The van der Waals surface area contributed by atoms with E-state index >= 15 is 0 Å². The maximum Gasteiger partial charge on any atom is 0.417 e. The van der Waals surface area contributed by atoms with E-state index in [9.17, 15) is 26.4 Å². The van der Waals surface area contributed by atoms with Gasteiger partial charge in [-0.15, -0.1) is 0 Å². The molecule has 0 saturated carbocycles. The van der Waals surface area contributed by atoms with Crippen LogP contribution in [0.3, 0.4) is 0 Å². The highest BCUT2D eigenvalue weighted by atomic mass is 32.2. The molecular formula is C24H25F3N6O3S. The molecule has 0 amide bonds. The number of hydrogen-bond donors (Lipinski definition) is 0. The van der Waals surface area contributed by atoms with Crippen LogP contribution in [-0.2, 0) is 22.8 Å². The molecule has 3 aromatic rings. The predicted molar refractivity (Wildman–Crippen MR) is 130 cm³/mol. The van der Waals surface area contributed by atoms with Crippen molar-refractivity contribution < 1.29 is 26.4 Å². The minimum atomic E-state index is -4.49. The molecule has 37 heavy (non-hydrogen) atoms. The van der Waals surface area contributed by atoms with Crippen molar-refractivity contribution in [1.82, 2.24) is 28.4 Å². The predicted octanol–water partition coefficient (Wildman–Crippen LogP) is 3.31. The van der Waals surface area contributed by atoms with E-state index in [1.807, 2.05) is 6.08 Å². The lowest BCUT2D eigenvalue weighted by Gasteiger charge is -2.28. The van der Waals surface area contributed by atoms with Crippen LogP contribution in [0.5, 0.6) is 0 Å². The molecule has 4 rings (SSSR count). The van der Waals surface area contributed by atoms with Crippen LogP contribution in [-0.4, -0.2) is 69.7 Å². The molecule has 9 nitrogen and oxygen atoms in total. The molecular weight excluding hydrogens is 509 g/mol. The smallest absolute Gasteiger partial charge is 0.294 e. The van der Waals surface area contributed by atoms with E-state index in [0.29, 0.717) is 29.8 Å². The Labute approximate surface area is 212 Å². The lowest BCUT2D eigenvalue weighted by Crippen LogP contribution is -2.42. The van der Waals surface area contributed by atoms with E-state index in [1.54, 1.807) is 25.3 Å². The third-order valence-electron chi connectivity index (χ3n) is 6.08. The highest BCUT2D eigenvalue weighted by Crippen LogP contribution is 2.29. The van der Waals surface area contributed by atoms with Crippen LogP contribution in [0.15, 0.2) is 48.9 Å². The van der Waals surface area contributed by atoms with Crippen molar-refractivity contribution in [1.29, 1.82) is 0 Å². The first kappa shape index (κ1) is 26.6. The Hall–Kier alpha value is -3.42. The molecule has 0 spiro atoms. The minimum absolute atomic E-state index is 0.0636. The molecule has 0 unspecified atom stereocenters. The van der Waals surface area contributed by atoms with Gasteiger partial charge < -0.3 is 0 Å². The number of nitrogens with zero attached hydrogens (tertiary/aromatic N) is 6. The maximum absolute atomic E-state index is 12.9. The van der Waals surface area contributed by atoms with Crippen molar-refractivity contribution in [2.24, 2.45) is 0 Å². The zero-order valence-corrected chi connectivity index (χ0v) is 21.2. The Morgan fingerprint density at radius 2 is 1.84 bits per heavy atom. The molecule has 1 aliphatic rings. The standard InChI is InChI=1S/C24H25F3N6O3S/c1-16-20(15-30-33(16)23-7-5-19(14-29-23)24(25,26)27)22(34)12-17-4-6-21(28-13-17)18-8-10-32(11-9-18)37(35,36)31(2)3/h4-8,13-15H,9-12H2,1-3H3. The fourth-order valence-corrected chi connectivity index (χ4v) is 4.96. The van der Waals surface area contributed by atoms with Crippen LogP contribution in [0.2, 0.25) is 0 Å². The van der Waals surface area contributed by atoms with Crippen molar-refractivity contribution >= 4 is 21.6 Å². The first-order chi connectivity index (χ1) is 17.4. The number of rotatable bonds is 7. The first-order valence-corrected chi connectivity index (χ1v) is 12.7. The van der Waals surface area contributed by atoms with Gasteiger partial charge in [0.05, 0.1) is 28.7 Å². The number of aromatic nitrogens is 4. The van der Waals surface area contributed by atoms with Crippen LogP contribution < -0.4 is 0 Å². The fraction of sp³-hybridized carbons (Fsp3) is 0.333. The summed E-state index contributed by atoms with van der Waals surface area (Å²) >= 11 is 0. The summed E-state index contributed by atoms with van der Waals surface area (Å²) in [6.07, 6.45) is 1.64. The third-order valence-corrected chi connectivity index (χ3v) is 7.99. The average molecular weight is 535 g/mol. The van der Waals surface area contributed by atoms with E-state index < -0.39 is 21.9 Å². The monoisotopic (exact) mass is 534 g/mol.